The zero-order valence-electron chi connectivity index (χ0n) is 7.90. The zero-order chi connectivity index (χ0) is 12.9. The molecule has 0 spiro atoms. The molecule has 16 heavy (non-hydrogen) atoms. The quantitative estimate of drug-likeness (QED) is 0.248. The first-order chi connectivity index (χ1) is 7.11. The summed E-state index contributed by atoms with van der Waals surface area (Å²) in [6.45, 7) is 0. The molecule has 5 N–H and O–H groups in total. The molecule has 0 bridgehead atoms. The first kappa shape index (κ1) is 14.7. The summed E-state index contributed by atoms with van der Waals surface area (Å²) >= 11 is 0. The summed E-state index contributed by atoms with van der Waals surface area (Å²) in [5.74, 6) is -4.17. The molecule has 92 valence electrons. The first-order valence-electron chi connectivity index (χ1n) is 3.88. The summed E-state index contributed by atoms with van der Waals surface area (Å²) in [7, 11) is -4.62. The third kappa shape index (κ3) is 7.07. The summed E-state index contributed by atoms with van der Waals surface area (Å²) in [6, 6.07) is -1.56. The van der Waals surface area contributed by atoms with E-state index in [1.807, 2.05) is 0 Å². The van der Waals surface area contributed by atoms with Crippen LogP contribution in [0, 0.1) is 0 Å². The van der Waals surface area contributed by atoms with Crippen molar-refractivity contribution in [2.45, 2.75) is 12.5 Å². The van der Waals surface area contributed by atoms with E-state index in [2.05, 4.69) is 4.74 Å². The Kier molecular flexibility index (Phi) is 5.25. The van der Waals surface area contributed by atoms with Crippen LogP contribution in [0.25, 0.3) is 0 Å². The molecule has 0 saturated heterocycles. The Labute approximate surface area is 89.3 Å². The van der Waals surface area contributed by atoms with Crippen molar-refractivity contribution in [3.8, 4) is 0 Å². The van der Waals surface area contributed by atoms with Crippen LogP contribution in [0.5, 0.6) is 0 Å². The SMILES string of the molecule is N[C@@H](CC(=O)O)C(=O)OC(=O)CP(=O)(O)O. The van der Waals surface area contributed by atoms with Crippen LogP contribution < -0.4 is 5.73 Å². The average molecular weight is 255 g/mol. The minimum absolute atomic E-state index is 0.748. The third-order valence-corrected chi connectivity index (χ3v) is 1.92. The second kappa shape index (κ2) is 5.71. The van der Waals surface area contributed by atoms with Crippen molar-refractivity contribution < 1.29 is 38.6 Å². The predicted octanol–water partition coefficient (Wildman–Crippen LogP) is -1.96. The van der Waals surface area contributed by atoms with Gasteiger partial charge in [0.1, 0.15) is 12.2 Å². The van der Waals surface area contributed by atoms with E-state index < -0.39 is 44.1 Å². The fraction of sp³-hybridized carbons (Fsp3) is 0.500. The largest absolute Gasteiger partial charge is 0.481 e. The minimum Gasteiger partial charge on any atom is -0.481 e. The van der Waals surface area contributed by atoms with Crippen LogP contribution in [-0.2, 0) is 23.7 Å². The molecule has 0 aliphatic rings. The monoisotopic (exact) mass is 255 g/mol. The van der Waals surface area contributed by atoms with Crippen LogP contribution in [-0.4, -0.2) is 45.0 Å². The molecular weight excluding hydrogens is 245 g/mol. The van der Waals surface area contributed by atoms with Gasteiger partial charge in [0.2, 0.25) is 0 Å². The highest BCUT2D eigenvalue weighted by Gasteiger charge is 2.26. The van der Waals surface area contributed by atoms with Crippen LogP contribution in [0.2, 0.25) is 0 Å². The minimum atomic E-state index is -4.62. The van der Waals surface area contributed by atoms with Crippen molar-refractivity contribution in [1.29, 1.82) is 0 Å². The van der Waals surface area contributed by atoms with Gasteiger partial charge < -0.3 is 25.4 Å². The van der Waals surface area contributed by atoms with E-state index >= 15 is 0 Å². The molecule has 0 saturated carbocycles. The Balaban J connectivity index is 4.20. The molecule has 0 aliphatic heterocycles. The number of esters is 2. The molecule has 0 rings (SSSR count). The van der Waals surface area contributed by atoms with E-state index in [-0.39, 0.29) is 0 Å². The molecule has 0 heterocycles. The lowest BCUT2D eigenvalue weighted by atomic mass is 10.2. The summed E-state index contributed by atoms with van der Waals surface area (Å²) < 4.78 is 14.3. The van der Waals surface area contributed by atoms with Gasteiger partial charge in [0, 0.05) is 0 Å². The van der Waals surface area contributed by atoms with E-state index in [1.165, 1.54) is 0 Å². The molecule has 1 atom stereocenters. The lowest BCUT2D eigenvalue weighted by molar-refractivity contribution is -0.160. The number of aliphatic carboxylic acids is 1. The second-order valence-electron chi connectivity index (χ2n) is 2.82. The molecule has 0 aromatic heterocycles. The number of hydrogen-bond donors (Lipinski definition) is 4. The van der Waals surface area contributed by atoms with Crippen molar-refractivity contribution in [2.75, 3.05) is 6.16 Å². The topological polar surface area (TPSA) is 164 Å². The van der Waals surface area contributed by atoms with Crippen molar-refractivity contribution in [3.63, 3.8) is 0 Å². The van der Waals surface area contributed by atoms with Gasteiger partial charge in [-0.15, -0.1) is 0 Å². The van der Waals surface area contributed by atoms with Crippen molar-refractivity contribution in [3.05, 3.63) is 0 Å². The van der Waals surface area contributed by atoms with E-state index in [1.54, 1.807) is 0 Å². The van der Waals surface area contributed by atoms with Gasteiger partial charge in [-0.1, -0.05) is 0 Å². The van der Waals surface area contributed by atoms with Gasteiger partial charge in [-0.3, -0.25) is 14.2 Å². The van der Waals surface area contributed by atoms with Crippen molar-refractivity contribution >= 4 is 25.5 Å². The maximum atomic E-state index is 10.9. The maximum Gasteiger partial charge on any atom is 0.336 e. The Morgan fingerprint density at radius 1 is 1.31 bits per heavy atom. The predicted molar refractivity (Wildman–Crippen MR) is 48.2 cm³/mol. The summed E-state index contributed by atoms with van der Waals surface area (Å²) in [4.78, 5) is 48.5. The second-order valence-corrected chi connectivity index (χ2v) is 4.47. The summed E-state index contributed by atoms with van der Waals surface area (Å²) in [6.07, 6.45) is -2.01. The molecule has 9 nitrogen and oxygen atoms in total. The fourth-order valence-corrected chi connectivity index (χ4v) is 1.06. The Hall–Kier alpha value is -1.28. The normalized spacial score (nSPS) is 12.9. The van der Waals surface area contributed by atoms with Gasteiger partial charge in [-0.2, -0.15) is 0 Å². The van der Waals surface area contributed by atoms with Crippen molar-refractivity contribution in [2.24, 2.45) is 5.73 Å². The highest BCUT2D eigenvalue weighted by molar-refractivity contribution is 7.52. The Bertz CT molecular complexity index is 346. The summed E-state index contributed by atoms with van der Waals surface area (Å²) in [5, 5.41) is 8.26. The van der Waals surface area contributed by atoms with Crippen LogP contribution in [0.3, 0.4) is 0 Å². The Morgan fingerprint density at radius 2 is 1.81 bits per heavy atom. The first-order valence-corrected chi connectivity index (χ1v) is 5.68. The number of nitrogens with two attached hydrogens (primary N) is 1. The van der Waals surface area contributed by atoms with Crippen LogP contribution in [0.4, 0.5) is 0 Å². The maximum absolute atomic E-state index is 10.9. The van der Waals surface area contributed by atoms with Gasteiger partial charge >= 0.3 is 25.5 Å². The number of carbonyl (C=O) groups excluding carboxylic acids is 2. The summed E-state index contributed by atoms with van der Waals surface area (Å²) in [5.41, 5.74) is 5.03. The van der Waals surface area contributed by atoms with E-state index in [0.717, 1.165) is 0 Å². The Morgan fingerprint density at radius 3 is 2.19 bits per heavy atom. The number of carboxylic acids is 1. The van der Waals surface area contributed by atoms with Gasteiger partial charge in [0.15, 0.2) is 0 Å². The molecule has 0 aromatic carbocycles. The third-order valence-electron chi connectivity index (χ3n) is 1.25. The van der Waals surface area contributed by atoms with E-state index in [9.17, 15) is 18.9 Å². The number of ether oxygens (including phenoxy) is 1. The lowest BCUT2D eigenvalue weighted by Gasteiger charge is -2.08. The van der Waals surface area contributed by atoms with Crippen LogP contribution >= 0.6 is 7.60 Å². The molecule has 0 amide bonds. The smallest absolute Gasteiger partial charge is 0.336 e. The number of carboxylic acid groups (broad SMARTS) is 1. The van der Waals surface area contributed by atoms with Crippen LogP contribution in [0.1, 0.15) is 6.42 Å². The van der Waals surface area contributed by atoms with E-state index in [4.69, 9.17) is 20.6 Å². The molecule has 0 radical (unpaired) electrons. The van der Waals surface area contributed by atoms with Crippen molar-refractivity contribution in [1.82, 2.24) is 0 Å². The molecule has 0 aliphatic carbocycles. The molecule has 0 fully saturated rings. The highest BCUT2D eigenvalue weighted by atomic mass is 31.2. The number of carbonyl (C=O) groups is 3. The van der Waals surface area contributed by atoms with Gasteiger partial charge in [0.05, 0.1) is 6.42 Å². The standard InChI is InChI=1S/C6H10NO8P/c7-3(1-4(8)9)6(11)15-5(10)2-16(12,13)14/h3H,1-2,7H2,(H,8,9)(H2,12,13,14)/t3-/m0/s1. The van der Waals surface area contributed by atoms with E-state index in [0.29, 0.717) is 0 Å². The van der Waals surface area contributed by atoms with Crippen LogP contribution in [0.15, 0.2) is 0 Å². The number of rotatable bonds is 5. The number of hydrogen-bond acceptors (Lipinski definition) is 6. The molecule has 0 aromatic rings. The van der Waals surface area contributed by atoms with Gasteiger partial charge in [0.25, 0.3) is 0 Å². The van der Waals surface area contributed by atoms with Gasteiger partial charge in [-0.05, 0) is 0 Å². The highest BCUT2D eigenvalue weighted by Crippen LogP contribution is 2.33. The molecule has 0 unspecified atom stereocenters. The molecular formula is C6H10NO8P. The lowest BCUT2D eigenvalue weighted by Crippen LogP contribution is -2.36. The fourth-order valence-electron chi connectivity index (χ4n) is 0.660. The van der Waals surface area contributed by atoms with Gasteiger partial charge in [-0.25, -0.2) is 4.79 Å². The molecule has 10 heteroatoms. The average Bonchev–Trinajstić information content (AvgIpc) is 1.98. The zero-order valence-corrected chi connectivity index (χ0v) is 8.79.